The average molecular weight is 353 g/mol. The van der Waals surface area contributed by atoms with Gasteiger partial charge < -0.3 is 14.6 Å². The van der Waals surface area contributed by atoms with E-state index < -0.39 is 5.97 Å². The van der Waals surface area contributed by atoms with Gasteiger partial charge in [0.15, 0.2) is 12.3 Å². The van der Waals surface area contributed by atoms with Gasteiger partial charge in [0.1, 0.15) is 5.82 Å². The van der Waals surface area contributed by atoms with E-state index in [-0.39, 0.29) is 12.5 Å². The fourth-order valence-electron chi connectivity index (χ4n) is 3.13. The van der Waals surface area contributed by atoms with Gasteiger partial charge in [-0.3, -0.25) is 4.79 Å². The van der Waals surface area contributed by atoms with Gasteiger partial charge in [-0.1, -0.05) is 42.8 Å². The molecule has 136 valence electrons. The fourth-order valence-corrected chi connectivity index (χ4v) is 3.13. The Labute approximate surface area is 152 Å². The molecule has 0 unspecified atom stereocenters. The Hall–Kier alpha value is -2.89. The minimum atomic E-state index is -0.549. The summed E-state index contributed by atoms with van der Waals surface area (Å²) in [5, 5.41) is 2.58. The van der Waals surface area contributed by atoms with Gasteiger partial charge in [0.25, 0.3) is 5.91 Å². The van der Waals surface area contributed by atoms with Crippen molar-refractivity contribution in [1.82, 2.24) is 14.9 Å². The predicted molar refractivity (Wildman–Crippen MR) is 98.7 cm³/mol. The van der Waals surface area contributed by atoms with Crippen LogP contribution in [0.15, 0.2) is 43.0 Å². The lowest BCUT2D eigenvalue weighted by molar-refractivity contribution is -0.124. The molecule has 0 spiro atoms. The smallest absolute Gasteiger partial charge is 0.359 e. The molecule has 1 amide bonds. The van der Waals surface area contributed by atoms with E-state index in [9.17, 15) is 9.59 Å². The number of imidazole rings is 1. The molecule has 6 nitrogen and oxygen atoms in total. The molecule has 0 bridgehead atoms. The van der Waals surface area contributed by atoms with Gasteiger partial charge in [0.2, 0.25) is 0 Å². The van der Waals surface area contributed by atoms with E-state index in [2.05, 4.69) is 21.4 Å². The zero-order chi connectivity index (χ0) is 18.4. The Bertz CT molecular complexity index is 796. The molecule has 0 saturated carbocycles. The lowest BCUT2D eigenvalue weighted by Gasteiger charge is -2.09. The quantitative estimate of drug-likeness (QED) is 0.640. The molecule has 0 aliphatic carbocycles. The molecule has 2 heterocycles. The maximum absolute atomic E-state index is 12.6. The van der Waals surface area contributed by atoms with Gasteiger partial charge in [-0.25, -0.2) is 9.78 Å². The number of amides is 1. The van der Waals surface area contributed by atoms with Crippen molar-refractivity contribution >= 4 is 11.9 Å². The number of nitrogens with zero attached hydrogens (tertiary/aromatic N) is 2. The molecular formula is C20H23N3O3. The first-order valence-electron chi connectivity index (χ1n) is 8.90. The Morgan fingerprint density at radius 2 is 2.04 bits per heavy atom. The van der Waals surface area contributed by atoms with E-state index in [0.29, 0.717) is 12.2 Å². The Morgan fingerprint density at radius 1 is 1.23 bits per heavy atom. The minimum absolute atomic E-state index is 0.320. The number of esters is 1. The maximum atomic E-state index is 12.6. The highest BCUT2D eigenvalue weighted by Crippen LogP contribution is 2.27. The van der Waals surface area contributed by atoms with Crippen molar-refractivity contribution in [3.05, 3.63) is 54.4 Å². The van der Waals surface area contributed by atoms with E-state index in [1.54, 1.807) is 6.08 Å². The third-order valence-electron chi connectivity index (χ3n) is 4.37. The largest absolute Gasteiger partial charge is 0.451 e. The Morgan fingerprint density at radius 3 is 2.81 bits per heavy atom. The molecule has 1 aromatic heterocycles. The molecule has 0 radical (unpaired) electrons. The van der Waals surface area contributed by atoms with Crippen LogP contribution in [0, 0.1) is 0 Å². The summed E-state index contributed by atoms with van der Waals surface area (Å²) in [6.45, 7) is 4.38. The first-order valence-corrected chi connectivity index (χ1v) is 8.90. The summed E-state index contributed by atoms with van der Waals surface area (Å²) < 4.78 is 7.30. The SMILES string of the molecule is C=CCNC(=O)COC(=O)c1nc(-c2ccccc2)n2c1CCCCC2. The van der Waals surface area contributed by atoms with E-state index in [1.165, 1.54) is 0 Å². The zero-order valence-corrected chi connectivity index (χ0v) is 14.7. The number of carbonyl (C=O) groups is 2. The maximum Gasteiger partial charge on any atom is 0.359 e. The Balaban J connectivity index is 1.85. The zero-order valence-electron chi connectivity index (χ0n) is 14.7. The third kappa shape index (κ3) is 4.02. The molecule has 1 aliphatic rings. The number of carbonyl (C=O) groups excluding carboxylic acids is 2. The van der Waals surface area contributed by atoms with Crippen molar-refractivity contribution < 1.29 is 14.3 Å². The number of benzene rings is 1. The van der Waals surface area contributed by atoms with Gasteiger partial charge in [-0.05, 0) is 19.3 Å². The first-order chi connectivity index (χ1) is 12.7. The van der Waals surface area contributed by atoms with Crippen LogP contribution in [-0.2, 0) is 22.5 Å². The molecular weight excluding hydrogens is 330 g/mol. The number of aromatic nitrogens is 2. The van der Waals surface area contributed by atoms with Gasteiger partial charge in [0, 0.05) is 18.7 Å². The number of fused-ring (bicyclic) bond motifs is 1. The molecule has 2 aromatic rings. The van der Waals surface area contributed by atoms with Crippen molar-refractivity contribution in [1.29, 1.82) is 0 Å². The molecule has 1 aromatic carbocycles. The van der Waals surface area contributed by atoms with Crippen LogP contribution in [0.5, 0.6) is 0 Å². The van der Waals surface area contributed by atoms with Crippen LogP contribution in [0.1, 0.15) is 35.4 Å². The van der Waals surface area contributed by atoms with Crippen molar-refractivity contribution in [2.75, 3.05) is 13.2 Å². The number of rotatable bonds is 6. The fraction of sp³-hybridized carbons (Fsp3) is 0.350. The second kappa shape index (κ2) is 8.47. The summed E-state index contributed by atoms with van der Waals surface area (Å²) in [4.78, 5) is 28.8. The highest BCUT2D eigenvalue weighted by molar-refractivity contribution is 5.91. The average Bonchev–Trinajstić information content (AvgIpc) is 2.86. The van der Waals surface area contributed by atoms with Gasteiger partial charge >= 0.3 is 5.97 Å². The summed E-state index contributed by atoms with van der Waals surface area (Å²) in [6, 6.07) is 9.83. The van der Waals surface area contributed by atoms with Crippen molar-refractivity contribution in [2.24, 2.45) is 0 Å². The van der Waals surface area contributed by atoms with Crippen LogP contribution < -0.4 is 5.32 Å². The number of hydrogen-bond acceptors (Lipinski definition) is 4. The topological polar surface area (TPSA) is 73.2 Å². The highest BCUT2D eigenvalue weighted by Gasteiger charge is 2.25. The summed E-state index contributed by atoms with van der Waals surface area (Å²) in [7, 11) is 0. The van der Waals surface area contributed by atoms with Crippen LogP contribution in [-0.4, -0.2) is 34.6 Å². The van der Waals surface area contributed by atoms with E-state index in [4.69, 9.17) is 4.74 Å². The van der Waals surface area contributed by atoms with E-state index in [1.807, 2.05) is 30.3 Å². The summed E-state index contributed by atoms with van der Waals surface area (Å²) >= 11 is 0. The first kappa shape index (κ1) is 17.9. The molecule has 0 atom stereocenters. The second-order valence-electron chi connectivity index (χ2n) is 6.23. The monoisotopic (exact) mass is 353 g/mol. The van der Waals surface area contributed by atoms with Crippen LogP contribution in [0.4, 0.5) is 0 Å². The van der Waals surface area contributed by atoms with Crippen LogP contribution in [0.2, 0.25) is 0 Å². The standard InChI is InChI=1S/C20H23N3O3/c1-2-12-21-17(24)14-26-20(25)18-16-11-7-4-8-13-23(16)19(22-18)15-9-5-3-6-10-15/h2-3,5-6,9-10H,1,4,7-8,11-14H2,(H,21,24). The Kier molecular flexibility index (Phi) is 5.84. The minimum Gasteiger partial charge on any atom is -0.451 e. The number of nitrogens with one attached hydrogen (secondary N) is 1. The van der Waals surface area contributed by atoms with Gasteiger partial charge in [-0.15, -0.1) is 6.58 Å². The van der Waals surface area contributed by atoms with E-state index in [0.717, 1.165) is 49.3 Å². The molecule has 6 heteroatoms. The van der Waals surface area contributed by atoms with Crippen molar-refractivity contribution in [3.8, 4) is 11.4 Å². The van der Waals surface area contributed by atoms with Crippen LogP contribution in [0.3, 0.4) is 0 Å². The second-order valence-corrected chi connectivity index (χ2v) is 6.23. The summed E-state index contributed by atoms with van der Waals surface area (Å²) in [5.74, 6) is -0.121. The molecule has 3 rings (SSSR count). The molecule has 0 fully saturated rings. The number of hydrogen-bond donors (Lipinski definition) is 1. The lowest BCUT2D eigenvalue weighted by Crippen LogP contribution is -2.29. The molecule has 1 aliphatic heterocycles. The lowest BCUT2D eigenvalue weighted by atomic mass is 10.1. The predicted octanol–water partition coefficient (Wildman–Crippen LogP) is 2.74. The summed E-state index contributed by atoms with van der Waals surface area (Å²) in [6.07, 6.45) is 5.55. The molecule has 1 N–H and O–H groups in total. The highest BCUT2D eigenvalue weighted by atomic mass is 16.5. The van der Waals surface area contributed by atoms with Crippen LogP contribution in [0.25, 0.3) is 11.4 Å². The summed E-state index contributed by atoms with van der Waals surface area (Å²) in [5.41, 5.74) is 2.19. The van der Waals surface area contributed by atoms with Gasteiger partial charge in [0.05, 0.1) is 5.69 Å². The van der Waals surface area contributed by atoms with E-state index >= 15 is 0 Å². The van der Waals surface area contributed by atoms with Crippen molar-refractivity contribution in [3.63, 3.8) is 0 Å². The normalized spacial score (nSPS) is 13.4. The molecule has 0 saturated heterocycles. The van der Waals surface area contributed by atoms with Gasteiger partial charge in [-0.2, -0.15) is 0 Å². The molecule has 26 heavy (non-hydrogen) atoms. The van der Waals surface area contributed by atoms with Crippen LogP contribution >= 0.6 is 0 Å². The number of ether oxygens (including phenoxy) is 1. The third-order valence-corrected chi connectivity index (χ3v) is 4.37. The van der Waals surface area contributed by atoms with Crippen molar-refractivity contribution in [2.45, 2.75) is 32.2 Å².